The van der Waals surface area contributed by atoms with Crippen molar-refractivity contribution < 1.29 is 9.90 Å². The molecular weight excluding hydrogens is 226 g/mol. The number of aliphatic carboxylic acids is 1. The van der Waals surface area contributed by atoms with Crippen molar-refractivity contribution >= 4 is 5.97 Å². The number of carboxylic acid groups (broad SMARTS) is 1. The molecule has 1 saturated heterocycles. The molecule has 1 heterocycles. The van der Waals surface area contributed by atoms with Gasteiger partial charge in [0.05, 0.1) is 0 Å². The molecule has 1 aliphatic rings. The molecule has 0 bridgehead atoms. The van der Waals surface area contributed by atoms with E-state index in [0.29, 0.717) is 5.92 Å². The minimum Gasteiger partial charge on any atom is -0.480 e. The van der Waals surface area contributed by atoms with Crippen molar-refractivity contribution in [3.8, 4) is 0 Å². The summed E-state index contributed by atoms with van der Waals surface area (Å²) in [5, 5.41) is 9.68. The first-order valence-corrected chi connectivity index (χ1v) is 6.59. The fourth-order valence-corrected chi connectivity index (χ4v) is 2.80. The summed E-state index contributed by atoms with van der Waals surface area (Å²) in [7, 11) is 0. The lowest BCUT2D eigenvalue weighted by Crippen LogP contribution is -2.53. The van der Waals surface area contributed by atoms with Crippen molar-refractivity contribution in [2.24, 2.45) is 5.92 Å². The van der Waals surface area contributed by atoms with Crippen molar-refractivity contribution in [3.05, 3.63) is 35.9 Å². The second-order valence-corrected chi connectivity index (χ2v) is 5.44. The van der Waals surface area contributed by atoms with Crippen molar-refractivity contribution in [3.63, 3.8) is 0 Å². The molecule has 1 aromatic rings. The lowest BCUT2D eigenvalue weighted by atomic mass is 9.86. The summed E-state index contributed by atoms with van der Waals surface area (Å²) in [5.74, 6) is -0.191. The summed E-state index contributed by atoms with van der Waals surface area (Å²) in [6.07, 6.45) is 2.28. The molecule has 2 rings (SSSR count). The normalized spacial score (nSPS) is 24.4. The van der Waals surface area contributed by atoms with E-state index >= 15 is 0 Å². The zero-order chi connectivity index (χ0) is 13.2. The molecule has 3 heteroatoms. The SMILES string of the molecule is CC1CCCN(C(C)(C(=O)O)c2ccccc2)C1. The van der Waals surface area contributed by atoms with E-state index in [2.05, 4.69) is 11.8 Å². The molecule has 0 spiro atoms. The van der Waals surface area contributed by atoms with E-state index in [1.807, 2.05) is 37.3 Å². The van der Waals surface area contributed by atoms with Crippen molar-refractivity contribution in [1.82, 2.24) is 4.90 Å². The third-order valence-electron chi connectivity index (χ3n) is 4.04. The summed E-state index contributed by atoms with van der Waals surface area (Å²) in [6.45, 7) is 5.74. The van der Waals surface area contributed by atoms with Crippen LogP contribution in [0.15, 0.2) is 30.3 Å². The zero-order valence-electron chi connectivity index (χ0n) is 11.1. The summed E-state index contributed by atoms with van der Waals surface area (Å²) >= 11 is 0. The molecule has 98 valence electrons. The molecule has 0 radical (unpaired) electrons. The Bertz CT molecular complexity index is 418. The van der Waals surface area contributed by atoms with Gasteiger partial charge in [-0.3, -0.25) is 4.90 Å². The van der Waals surface area contributed by atoms with Gasteiger partial charge >= 0.3 is 5.97 Å². The molecule has 2 unspecified atom stereocenters. The Morgan fingerprint density at radius 1 is 1.39 bits per heavy atom. The van der Waals surface area contributed by atoms with E-state index in [1.165, 1.54) is 6.42 Å². The van der Waals surface area contributed by atoms with Gasteiger partial charge in [-0.15, -0.1) is 0 Å². The van der Waals surface area contributed by atoms with Crippen LogP contribution in [0, 0.1) is 5.92 Å². The average molecular weight is 247 g/mol. The Morgan fingerprint density at radius 2 is 2.06 bits per heavy atom. The maximum atomic E-state index is 11.8. The first-order valence-electron chi connectivity index (χ1n) is 6.59. The first-order chi connectivity index (χ1) is 8.55. The Morgan fingerprint density at radius 3 is 2.61 bits per heavy atom. The number of benzene rings is 1. The Kier molecular flexibility index (Phi) is 3.71. The second-order valence-electron chi connectivity index (χ2n) is 5.44. The number of hydrogen-bond donors (Lipinski definition) is 1. The van der Waals surface area contributed by atoms with Crippen molar-refractivity contribution in [1.29, 1.82) is 0 Å². The molecule has 18 heavy (non-hydrogen) atoms. The zero-order valence-corrected chi connectivity index (χ0v) is 11.1. The highest BCUT2D eigenvalue weighted by Gasteiger charge is 2.42. The van der Waals surface area contributed by atoms with Crippen LogP contribution >= 0.6 is 0 Å². The smallest absolute Gasteiger partial charge is 0.328 e. The van der Waals surface area contributed by atoms with E-state index < -0.39 is 11.5 Å². The van der Waals surface area contributed by atoms with Gasteiger partial charge in [-0.2, -0.15) is 0 Å². The summed E-state index contributed by atoms with van der Waals surface area (Å²) in [4.78, 5) is 13.9. The maximum absolute atomic E-state index is 11.8. The van der Waals surface area contributed by atoms with E-state index in [0.717, 1.165) is 25.1 Å². The van der Waals surface area contributed by atoms with Crippen LogP contribution in [0.5, 0.6) is 0 Å². The van der Waals surface area contributed by atoms with Crippen LogP contribution in [0.3, 0.4) is 0 Å². The third-order valence-corrected chi connectivity index (χ3v) is 4.04. The average Bonchev–Trinajstić information content (AvgIpc) is 2.38. The van der Waals surface area contributed by atoms with Crippen molar-refractivity contribution in [2.75, 3.05) is 13.1 Å². The Labute approximate surface area is 108 Å². The molecule has 0 amide bonds. The molecule has 0 saturated carbocycles. The number of carboxylic acids is 1. The van der Waals surface area contributed by atoms with E-state index in [1.54, 1.807) is 0 Å². The largest absolute Gasteiger partial charge is 0.480 e. The molecule has 0 aromatic heterocycles. The van der Waals surface area contributed by atoms with Gasteiger partial charge in [0.25, 0.3) is 0 Å². The van der Waals surface area contributed by atoms with E-state index in [9.17, 15) is 9.90 Å². The number of likely N-dealkylation sites (tertiary alicyclic amines) is 1. The van der Waals surface area contributed by atoms with E-state index in [-0.39, 0.29) is 0 Å². The molecule has 1 aromatic carbocycles. The number of hydrogen-bond acceptors (Lipinski definition) is 2. The topological polar surface area (TPSA) is 40.5 Å². The molecule has 0 aliphatic carbocycles. The summed E-state index contributed by atoms with van der Waals surface area (Å²) < 4.78 is 0. The van der Waals surface area contributed by atoms with Crippen LogP contribution < -0.4 is 0 Å². The van der Waals surface area contributed by atoms with Crippen molar-refractivity contribution in [2.45, 2.75) is 32.2 Å². The molecule has 3 nitrogen and oxygen atoms in total. The fraction of sp³-hybridized carbons (Fsp3) is 0.533. The highest BCUT2D eigenvalue weighted by atomic mass is 16.4. The predicted molar refractivity (Wildman–Crippen MR) is 71.4 cm³/mol. The Hall–Kier alpha value is -1.35. The van der Waals surface area contributed by atoms with Gasteiger partial charge in [0.1, 0.15) is 5.54 Å². The third kappa shape index (κ3) is 2.27. The highest BCUT2D eigenvalue weighted by Crippen LogP contribution is 2.32. The van der Waals surface area contributed by atoms with Crippen LogP contribution in [-0.4, -0.2) is 29.1 Å². The second kappa shape index (κ2) is 5.11. The predicted octanol–water partition coefficient (Wildman–Crippen LogP) is 2.72. The number of nitrogens with zero attached hydrogens (tertiary/aromatic N) is 1. The van der Waals surface area contributed by atoms with Gasteiger partial charge in [-0.05, 0) is 37.8 Å². The summed E-state index contributed by atoms with van der Waals surface area (Å²) in [5.41, 5.74) is -0.0396. The van der Waals surface area contributed by atoms with Crippen LogP contribution in [0.2, 0.25) is 0 Å². The van der Waals surface area contributed by atoms with Gasteiger partial charge in [-0.25, -0.2) is 4.79 Å². The van der Waals surface area contributed by atoms with Gasteiger partial charge in [0, 0.05) is 6.54 Å². The van der Waals surface area contributed by atoms with Gasteiger partial charge in [-0.1, -0.05) is 37.3 Å². The standard InChI is InChI=1S/C15H21NO2/c1-12-7-6-10-16(11-12)15(2,14(17)18)13-8-4-3-5-9-13/h3-5,8-9,12H,6-7,10-11H2,1-2H3,(H,17,18). The number of piperidine rings is 1. The number of carbonyl (C=O) groups is 1. The van der Waals surface area contributed by atoms with E-state index in [4.69, 9.17) is 0 Å². The monoisotopic (exact) mass is 247 g/mol. The Balaban J connectivity index is 2.35. The van der Waals surface area contributed by atoms with Crippen LogP contribution in [0.25, 0.3) is 0 Å². The van der Waals surface area contributed by atoms with Crippen LogP contribution in [0.1, 0.15) is 32.3 Å². The summed E-state index contributed by atoms with van der Waals surface area (Å²) in [6, 6.07) is 9.55. The first kappa shape index (κ1) is 13.1. The molecule has 2 atom stereocenters. The quantitative estimate of drug-likeness (QED) is 0.892. The fourth-order valence-electron chi connectivity index (χ4n) is 2.80. The lowest BCUT2D eigenvalue weighted by molar-refractivity contribution is -0.152. The van der Waals surface area contributed by atoms with Gasteiger partial charge in [0.2, 0.25) is 0 Å². The minimum atomic E-state index is -0.907. The minimum absolute atomic E-state index is 0.570. The van der Waals surface area contributed by atoms with Gasteiger partial charge < -0.3 is 5.11 Å². The molecular formula is C15H21NO2. The number of rotatable bonds is 3. The lowest BCUT2D eigenvalue weighted by Gasteiger charge is -2.42. The maximum Gasteiger partial charge on any atom is 0.328 e. The molecule has 1 fully saturated rings. The molecule has 1 aliphatic heterocycles. The molecule has 1 N–H and O–H groups in total. The van der Waals surface area contributed by atoms with Crippen LogP contribution in [-0.2, 0) is 10.3 Å². The van der Waals surface area contributed by atoms with Gasteiger partial charge in [0.15, 0.2) is 0 Å². The van der Waals surface area contributed by atoms with Crippen LogP contribution in [0.4, 0.5) is 0 Å². The highest BCUT2D eigenvalue weighted by molar-refractivity contribution is 5.80.